The fourth-order valence-corrected chi connectivity index (χ4v) is 0.340. The molecule has 0 aromatic rings. The van der Waals surface area contributed by atoms with Crippen LogP contribution in [0.3, 0.4) is 0 Å². The summed E-state index contributed by atoms with van der Waals surface area (Å²) in [6.07, 6.45) is 0.453. The topological polar surface area (TPSA) is 20.2 Å². The first-order valence-electron chi connectivity index (χ1n) is 1.96. The quantitative estimate of drug-likeness (QED) is 0.496. The normalized spacial score (nSPS) is 34.0. The van der Waals surface area contributed by atoms with E-state index in [4.69, 9.17) is 5.11 Å². The van der Waals surface area contributed by atoms with E-state index in [1.165, 1.54) is 0 Å². The van der Waals surface area contributed by atoms with Gasteiger partial charge >= 0.3 is 0 Å². The summed E-state index contributed by atoms with van der Waals surface area (Å²) in [6, 6.07) is 0. The van der Waals surface area contributed by atoms with Gasteiger partial charge in [-0.15, -0.1) is 0 Å². The molecule has 2 heteroatoms. The first kappa shape index (κ1) is 4.06. The Labute approximate surface area is 35.8 Å². The van der Waals surface area contributed by atoms with Gasteiger partial charge in [0.1, 0.15) is 0 Å². The highest BCUT2D eigenvalue weighted by Gasteiger charge is 2.37. The zero-order valence-corrected chi connectivity index (χ0v) is 3.32. The van der Waals surface area contributed by atoms with E-state index < -0.39 is 0 Å². The highest BCUT2D eigenvalue weighted by molar-refractivity contribution is 5.03. The summed E-state index contributed by atoms with van der Waals surface area (Å²) in [5.74, 6) is -0.0926. The van der Waals surface area contributed by atoms with E-state index in [9.17, 15) is 4.39 Å². The number of halogens is 1. The Morgan fingerprint density at radius 2 is 2.50 bits per heavy atom. The van der Waals surface area contributed by atoms with Crippen LogP contribution < -0.4 is 0 Å². The fraction of sp³-hybridized carbons (Fsp3) is 0.750. The largest absolute Gasteiger partial charge is 0.396 e. The molecule has 1 fully saturated rings. The maximum Gasteiger partial charge on any atom is 0.150 e. The van der Waals surface area contributed by atoms with Crippen LogP contribution in [-0.2, 0) is 0 Å². The zero-order valence-electron chi connectivity index (χ0n) is 3.32. The number of hydrogen-bond donors (Lipinski definition) is 1. The van der Waals surface area contributed by atoms with Gasteiger partial charge in [-0.1, -0.05) is 0 Å². The second-order valence-electron chi connectivity index (χ2n) is 1.53. The van der Waals surface area contributed by atoms with Gasteiger partial charge in [0.2, 0.25) is 0 Å². The summed E-state index contributed by atoms with van der Waals surface area (Å²) in [5, 5.41) is 8.12. The molecule has 1 aliphatic carbocycles. The minimum absolute atomic E-state index is 0.00810. The van der Waals surface area contributed by atoms with E-state index in [-0.39, 0.29) is 18.7 Å². The third-order valence-electron chi connectivity index (χ3n) is 0.945. The summed E-state index contributed by atoms with van der Waals surface area (Å²) in [7, 11) is 0. The summed E-state index contributed by atoms with van der Waals surface area (Å²) >= 11 is 0. The van der Waals surface area contributed by atoms with Crippen molar-refractivity contribution in [1.82, 2.24) is 0 Å². The van der Waals surface area contributed by atoms with Gasteiger partial charge in [0.15, 0.2) is 6.17 Å². The Morgan fingerprint density at radius 3 is 2.50 bits per heavy atom. The molecule has 1 N–H and O–H groups in total. The molecule has 1 radical (unpaired) electrons. The van der Waals surface area contributed by atoms with Crippen molar-refractivity contribution in [3.63, 3.8) is 0 Å². The van der Waals surface area contributed by atoms with Crippen LogP contribution in [0, 0.1) is 12.1 Å². The Morgan fingerprint density at radius 1 is 2.00 bits per heavy atom. The maximum absolute atomic E-state index is 11.5. The van der Waals surface area contributed by atoms with E-state index in [1.54, 1.807) is 0 Å². The van der Waals surface area contributed by atoms with Gasteiger partial charge in [-0.05, 0) is 6.42 Å². The molecule has 1 saturated carbocycles. The molecule has 35 valence electrons. The Hall–Kier alpha value is -0.110. The first-order chi connectivity index (χ1) is 2.84. The zero-order chi connectivity index (χ0) is 4.57. The molecule has 1 aliphatic rings. The molecule has 0 bridgehead atoms. The third kappa shape index (κ3) is 0.522. The van der Waals surface area contributed by atoms with Crippen LogP contribution >= 0.6 is 0 Å². The van der Waals surface area contributed by atoms with E-state index in [2.05, 4.69) is 0 Å². The molecule has 1 unspecified atom stereocenters. The maximum atomic E-state index is 11.5. The summed E-state index contributed by atoms with van der Waals surface area (Å²) < 4.78 is 11.5. The van der Waals surface area contributed by atoms with E-state index in [0.717, 1.165) is 0 Å². The predicted octanol–water partition coefficient (Wildman–Crippen LogP) is 0.500. The highest BCUT2D eigenvalue weighted by Crippen LogP contribution is 2.40. The minimum Gasteiger partial charge on any atom is -0.396 e. The van der Waals surface area contributed by atoms with Crippen LogP contribution in [-0.4, -0.2) is 11.7 Å². The van der Waals surface area contributed by atoms with Gasteiger partial charge in [-0.3, -0.25) is 0 Å². The minimum atomic E-state index is -0.0926. The van der Waals surface area contributed by atoms with Crippen molar-refractivity contribution >= 4 is 0 Å². The van der Waals surface area contributed by atoms with Crippen molar-refractivity contribution in [3.8, 4) is 0 Å². The molecule has 0 aromatic carbocycles. The number of aliphatic hydroxyl groups excluding tert-OH is 1. The number of aliphatic hydroxyl groups is 1. The average Bonchev–Trinajstić information content (AvgIpc) is 2.19. The van der Waals surface area contributed by atoms with Gasteiger partial charge in [-0.2, -0.15) is 0 Å². The van der Waals surface area contributed by atoms with Crippen LogP contribution in [0.2, 0.25) is 0 Å². The first-order valence-corrected chi connectivity index (χ1v) is 1.96. The Bertz CT molecular complexity index is 53.5. The molecular formula is C4H6FO. The lowest BCUT2D eigenvalue weighted by Gasteiger charge is -1.76. The SMILES string of the molecule is OCC1C[C]1F. The molecule has 0 heterocycles. The van der Waals surface area contributed by atoms with Crippen molar-refractivity contribution in [3.05, 3.63) is 6.17 Å². The monoisotopic (exact) mass is 89.0 g/mol. The lowest BCUT2D eigenvalue weighted by atomic mass is 10.5. The number of rotatable bonds is 1. The van der Waals surface area contributed by atoms with E-state index in [0.29, 0.717) is 6.42 Å². The van der Waals surface area contributed by atoms with Crippen molar-refractivity contribution in [1.29, 1.82) is 0 Å². The molecule has 0 amide bonds. The standard InChI is InChI=1S/C4H6FO/c5-4-1-3(4)2-6/h3,6H,1-2H2. The van der Waals surface area contributed by atoms with Crippen LogP contribution in [0.4, 0.5) is 4.39 Å². The van der Waals surface area contributed by atoms with Crippen molar-refractivity contribution < 1.29 is 9.50 Å². The van der Waals surface area contributed by atoms with Gasteiger partial charge in [-0.25, -0.2) is 4.39 Å². The van der Waals surface area contributed by atoms with Gasteiger partial charge in [0.25, 0.3) is 0 Å². The second-order valence-corrected chi connectivity index (χ2v) is 1.53. The van der Waals surface area contributed by atoms with Crippen molar-refractivity contribution in [2.24, 2.45) is 5.92 Å². The molecule has 0 saturated heterocycles. The molecule has 1 nitrogen and oxygen atoms in total. The lowest BCUT2D eigenvalue weighted by molar-refractivity contribution is 0.271. The second kappa shape index (κ2) is 1.19. The Balaban J connectivity index is 2.09. The molecule has 1 rings (SSSR count). The number of hydrogen-bond acceptors (Lipinski definition) is 1. The van der Waals surface area contributed by atoms with Crippen LogP contribution in [0.1, 0.15) is 6.42 Å². The molecular weight excluding hydrogens is 83.0 g/mol. The van der Waals surface area contributed by atoms with Crippen molar-refractivity contribution in [2.75, 3.05) is 6.61 Å². The fourth-order valence-electron chi connectivity index (χ4n) is 0.340. The van der Waals surface area contributed by atoms with Crippen LogP contribution in [0.25, 0.3) is 0 Å². The van der Waals surface area contributed by atoms with Gasteiger partial charge in [0, 0.05) is 12.5 Å². The smallest absolute Gasteiger partial charge is 0.150 e. The summed E-state index contributed by atoms with van der Waals surface area (Å²) in [5.41, 5.74) is 0. The molecule has 1 atom stereocenters. The summed E-state index contributed by atoms with van der Waals surface area (Å²) in [4.78, 5) is 0. The van der Waals surface area contributed by atoms with E-state index >= 15 is 0 Å². The van der Waals surface area contributed by atoms with E-state index in [1.807, 2.05) is 0 Å². The van der Waals surface area contributed by atoms with Crippen molar-refractivity contribution in [2.45, 2.75) is 6.42 Å². The highest BCUT2D eigenvalue weighted by atomic mass is 19.1. The predicted molar refractivity (Wildman–Crippen MR) is 19.5 cm³/mol. The van der Waals surface area contributed by atoms with Gasteiger partial charge < -0.3 is 5.11 Å². The summed E-state index contributed by atoms with van der Waals surface area (Å²) in [6.45, 7) is -0.00810. The van der Waals surface area contributed by atoms with Gasteiger partial charge in [0.05, 0.1) is 0 Å². The molecule has 0 aliphatic heterocycles. The molecule has 0 aromatic heterocycles. The molecule has 0 spiro atoms. The third-order valence-corrected chi connectivity index (χ3v) is 0.945. The average molecular weight is 89.1 g/mol. The lowest BCUT2D eigenvalue weighted by Crippen LogP contribution is -1.81. The Kier molecular flexibility index (Phi) is 0.804. The van der Waals surface area contributed by atoms with Crippen LogP contribution in [0.15, 0.2) is 0 Å². The van der Waals surface area contributed by atoms with Crippen LogP contribution in [0.5, 0.6) is 0 Å². The molecule has 6 heavy (non-hydrogen) atoms.